The Morgan fingerprint density at radius 2 is 1.85 bits per heavy atom. The van der Waals surface area contributed by atoms with Gasteiger partial charge in [-0.05, 0) is 52.6 Å². The summed E-state index contributed by atoms with van der Waals surface area (Å²) in [5.74, 6) is -0.907. The molecule has 2 bridgehead atoms. The highest BCUT2D eigenvalue weighted by Crippen LogP contribution is 2.31. The van der Waals surface area contributed by atoms with Gasteiger partial charge in [-0.3, -0.25) is 9.59 Å². The van der Waals surface area contributed by atoms with Gasteiger partial charge in [-0.25, -0.2) is 8.98 Å². The summed E-state index contributed by atoms with van der Waals surface area (Å²) in [6, 6.07) is -1.87. The van der Waals surface area contributed by atoms with Gasteiger partial charge < -0.3 is 25.0 Å². The van der Waals surface area contributed by atoms with Gasteiger partial charge in [0, 0.05) is 19.7 Å². The second-order valence-electron chi connectivity index (χ2n) is 9.30. The Labute approximate surface area is 199 Å². The third-order valence-electron chi connectivity index (χ3n) is 6.12. The maximum atomic E-state index is 12.9. The molecule has 0 aliphatic carbocycles. The first-order chi connectivity index (χ1) is 16.0. The minimum atomic E-state index is -4.65. The van der Waals surface area contributed by atoms with Crippen molar-refractivity contribution in [2.75, 3.05) is 46.6 Å². The number of carbonyl (C=O) groups is 3. The van der Waals surface area contributed by atoms with Gasteiger partial charge in [0.05, 0.1) is 24.7 Å². The van der Waals surface area contributed by atoms with Crippen LogP contribution in [0, 0.1) is 5.41 Å². The summed E-state index contributed by atoms with van der Waals surface area (Å²) in [4.78, 5) is 39.1. The van der Waals surface area contributed by atoms with Gasteiger partial charge in [0.25, 0.3) is 0 Å². The molecule has 13 nitrogen and oxygen atoms in total. The first-order valence-electron chi connectivity index (χ1n) is 11.4. The fraction of sp³-hybridized carbons (Fsp3) is 0.850. The zero-order valence-electron chi connectivity index (χ0n) is 19.8. The molecule has 2 N–H and O–H groups in total. The van der Waals surface area contributed by atoms with E-state index in [1.54, 1.807) is 0 Å². The fourth-order valence-corrected chi connectivity index (χ4v) is 4.94. The highest BCUT2D eigenvalue weighted by atomic mass is 32.3. The van der Waals surface area contributed by atoms with Gasteiger partial charge in [-0.1, -0.05) is 0 Å². The topological polar surface area (TPSA) is 153 Å². The highest BCUT2D eigenvalue weighted by Gasteiger charge is 2.50. The molecule has 3 saturated heterocycles. The van der Waals surface area contributed by atoms with Crippen molar-refractivity contribution in [3.63, 3.8) is 0 Å². The molecule has 0 aromatic rings. The number of urea groups is 1. The van der Waals surface area contributed by atoms with E-state index in [1.807, 2.05) is 0 Å². The average molecular weight is 507 g/mol. The smallest absolute Gasteiger partial charge is 0.421 e. The van der Waals surface area contributed by atoms with E-state index in [2.05, 4.69) is 10.6 Å². The quantitative estimate of drug-likeness (QED) is 0.278. The van der Waals surface area contributed by atoms with Gasteiger partial charge >= 0.3 is 22.4 Å². The van der Waals surface area contributed by atoms with Crippen molar-refractivity contribution >= 4 is 28.3 Å². The summed E-state index contributed by atoms with van der Waals surface area (Å²) in [5.41, 5.74) is -1.28. The van der Waals surface area contributed by atoms with Crippen molar-refractivity contribution in [2.24, 2.45) is 5.41 Å². The van der Waals surface area contributed by atoms with E-state index < -0.39 is 46.5 Å². The molecule has 3 amide bonds. The molecule has 2 unspecified atom stereocenters. The number of piperidine rings is 2. The van der Waals surface area contributed by atoms with Crippen LogP contribution in [0.4, 0.5) is 4.79 Å². The zero-order valence-corrected chi connectivity index (χ0v) is 20.6. The molecule has 14 heteroatoms. The number of esters is 1. The summed E-state index contributed by atoms with van der Waals surface area (Å²) in [7, 11) is -3.19. The molecule has 3 rings (SSSR count). The van der Waals surface area contributed by atoms with E-state index in [9.17, 15) is 22.8 Å². The predicted molar refractivity (Wildman–Crippen MR) is 117 cm³/mol. The van der Waals surface area contributed by atoms with Gasteiger partial charge in [-0.15, -0.1) is 4.28 Å². The van der Waals surface area contributed by atoms with Gasteiger partial charge in [-0.2, -0.15) is 13.5 Å². The van der Waals surface area contributed by atoms with Crippen LogP contribution >= 0.6 is 0 Å². The number of ether oxygens (including phenoxy) is 2. The maximum absolute atomic E-state index is 12.9. The number of carbonyl (C=O) groups excluding carboxylic acids is 3. The highest BCUT2D eigenvalue weighted by molar-refractivity contribution is 7.81. The summed E-state index contributed by atoms with van der Waals surface area (Å²) in [6.45, 7) is 4.42. The van der Waals surface area contributed by atoms with E-state index >= 15 is 0 Å². The zero-order chi connectivity index (χ0) is 24.9. The van der Waals surface area contributed by atoms with E-state index in [1.165, 1.54) is 25.9 Å². The fourth-order valence-electron chi connectivity index (χ4n) is 4.08. The Hall–Kier alpha value is -2.00. The van der Waals surface area contributed by atoms with Gasteiger partial charge in [0.1, 0.15) is 12.6 Å². The SMILES string of the molecule is COCCOC(=O)C(C)(C)COS(=O)(=O)ON1C(=O)N2CC1CCC2C(=O)NC1CCNCC1. The average Bonchev–Trinajstić information content (AvgIpc) is 3.03. The number of hydroxylamine groups is 2. The van der Waals surface area contributed by atoms with Crippen LogP contribution < -0.4 is 10.6 Å². The number of rotatable bonds is 11. The van der Waals surface area contributed by atoms with Crippen LogP contribution in [0.25, 0.3) is 0 Å². The lowest BCUT2D eigenvalue weighted by Gasteiger charge is -2.32. The molecule has 3 aliphatic heterocycles. The van der Waals surface area contributed by atoms with Crippen LogP contribution in [0.2, 0.25) is 0 Å². The molecule has 2 atom stereocenters. The lowest BCUT2D eigenvalue weighted by atomic mass is 9.95. The largest absolute Gasteiger partial charge is 0.463 e. The number of hydrogen-bond acceptors (Lipinski definition) is 10. The van der Waals surface area contributed by atoms with Crippen molar-refractivity contribution in [2.45, 2.75) is 57.7 Å². The molecular formula is C20H34N4O9S. The molecule has 0 saturated carbocycles. The van der Waals surface area contributed by atoms with E-state index in [0.717, 1.165) is 31.0 Å². The molecule has 34 heavy (non-hydrogen) atoms. The first kappa shape index (κ1) is 26.6. The molecule has 194 valence electrons. The second kappa shape index (κ2) is 11.2. The number of hydrogen-bond donors (Lipinski definition) is 2. The van der Waals surface area contributed by atoms with E-state index in [-0.39, 0.29) is 31.7 Å². The Morgan fingerprint density at radius 3 is 2.53 bits per heavy atom. The Kier molecular flexibility index (Phi) is 8.73. The van der Waals surface area contributed by atoms with Crippen LogP contribution in [0.5, 0.6) is 0 Å². The monoisotopic (exact) mass is 506 g/mol. The van der Waals surface area contributed by atoms with E-state index in [0.29, 0.717) is 12.8 Å². The van der Waals surface area contributed by atoms with Gasteiger partial charge in [0.15, 0.2) is 0 Å². The Balaban J connectivity index is 1.54. The number of nitrogens with one attached hydrogen (secondary N) is 2. The van der Waals surface area contributed by atoms with Crippen LogP contribution in [0.1, 0.15) is 39.5 Å². The Morgan fingerprint density at radius 1 is 1.15 bits per heavy atom. The van der Waals surface area contributed by atoms with Crippen LogP contribution in [-0.2, 0) is 37.9 Å². The van der Waals surface area contributed by atoms with Crippen molar-refractivity contribution in [3.05, 3.63) is 0 Å². The molecule has 0 radical (unpaired) electrons. The normalized spacial score (nSPS) is 23.8. The van der Waals surface area contributed by atoms with Gasteiger partial charge in [0.2, 0.25) is 5.91 Å². The molecule has 3 aliphatic rings. The number of nitrogens with zero attached hydrogens (tertiary/aromatic N) is 2. The molecule has 3 heterocycles. The molecule has 0 aromatic heterocycles. The summed E-state index contributed by atoms with van der Waals surface area (Å²) < 4.78 is 44.5. The number of amides is 3. The minimum Gasteiger partial charge on any atom is -0.463 e. The number of methoxy groups -OCH3 is 1. The molecule has 0 spiro atoms. The first-order valence-corrected chi connectivity index (χ1v) is 12.7. The van der Waals surface area contributed by atoms with E-state index in [4.69, 9.17) is 17.9 Å². The van der Waals surface area contributed by atoms with Crippen LogP contribution in [0.15, 0.2) is 0 Å². The van der Waals surface area contributed by atoms with Crippen molar-refractivity contribution in [1.82, 2.24) is 20.6 Å². The third kappa shape index (κ3) is 6.56. The molecule has 0 aromatic carbocycles. The second-order valence-corrected chi connectivity index (χ2v) is 10.5. The standard InChI is InChI=1S/C20H34N4O9S/c1-20(2,18(26)31-11-10-30-3)13-32-34(28,29)33-24-15-4-5-16(23(12-15)19(24)27)17(25)22-14-6-8-21-9-7-14/h14-16,21H,4-13H2,1-3H3,(H,22,25). The maximum Gasteiger partial charge on any atom is 0.421 e. The minimum absolute atomic E-state index is 0.0220. The van der Waals surface area contributed by atoms with Crippen molar-refractivity contribution in [3.8, 4) is 0 Å². The third-order valence-corrected chi connectivity index (χ3v) is 6.87. The summed E-state index contributed by atoms with van der Waals surface area (Å²) >= 11 is 0. The predicted octanol–water partition coefficient (Wildman–Crippen LogP) is -0.468. The van der Waals surface area contributed by atoms with Crippen LogP contribution in [-0.4, -0.2) is 101 Å². The lowest BCUT2D eigenvalue weighted by Crippen LogP contribution is -2.53. The summed E-state index contributed by atoms with van der Waals surface area (Å²) in [5, 5.41) is 6.97. The lowest BCUT2D eigenvalue weighted by molar-refractivity contribution is -0.157. The van der Waals surface area contributed by atoms with Crippen LogP contribution in [0.3, 0.4) is 0 Å². The molecule has 3 fully saturated rings. The number of fused-ring (bicyclic) bond motifs is 2. The molecular weight excluding hydrogens is 472 g/mol. The Bertz CT molecular complexity index is 860. The summed E-state index contributed by atoms with van der Waals surface area (Å²) in [6.07, 6.45) is 2.43. The van der Waals surface area contributed by atoms with Crippen molar-refractivity contribution in [1.29, 1.82) is 0 Å². The van der Waals surface area contributed by atoms with Crippen molar-refractivity contribution < 1.29 is 40.7 Å².